The second-order valence-corrected chi connectivity index (χ2v) is 7.08. The van der Waals surface area contributed by atoms with Crippen LogP contribution in [0.25, 0.3) is 10.9 Å². The highest BCUT2D eigenvalue weighted by atomic mass is 35.5. The Bertz CT molecular complexity index is 1040. The lowest BCUT2D eigenvalue weighted by Gasteiger charge is -2.08. The van der Waals surface area contributed by atoms with E-state index in [1.165, 1.54) is 12.1 Å². The van der Waals surface area contributed by atoms with E-state index in [-0.39, 0.29) is 22.4 Å². The van der Waals surface area contributed by atoms with E-state index in [9.17, 15) is 4.79 Å². The summed E-state index contributed by atoms with van der Waals surface area (Å²) in [5.74, 6) is -0.200. The molecule has 0 aliphatic rings. The molecule has 1 heterocycles. The molecule has 5 nitrogen and oxygen atoms in total. The van der Waals surface area contributed by atoms with E-state index < -0.39 is 5.91 Å². The Morgan fingerprint density at radius 1 is 1.26 bits per heavy atom. The first-order chi connectivity index (χ1) is 12.9. The van der Waals surface area contributed by atoms with Gasteiger partial charge < -0.3 is 9.30 Å². The Hall–Kier alpha value is -2.21. The quantitative estimate of drug-likeness (QED) is 0.357. The van der Waals surface area contributed by atoms with Crippen molar-refractivity contribution in [3.63, 3.8) is 0 Å². The predicted octanol–water partition coefficient (Wildman–Crippen LogP) is 4.98. The highest BCUT2D eigenvalue weighted by Gasteiger charge is 2.11. The largest absolute Gasteiger partial charge is 0.482 e. The van der Waals surface area contributed by atoms with Crippen molar-refractivity contribution in [2.24, 2.45) is 12.1 Å². The summed E-state index contributed by atoms with van der Waals surface area (Å²) in [4.78, 5) is 12.0. The normalized spacial score (nSPS) is 11.3. The average molecular weight is 425 g/mol. The molecule has 3 rings (SSSR count). The number of aryl methyl sites for hydroxylation is 1. The van der Waals surface area contributed by atoms with Crippen LogP contribution in [0.1, 0.15) is 11.3 Å². The fourth-order valence-corrected chi connectivity index (χ4v) is 3.33. The van der Waals surface area contributed by atoms with Crippen LogP contribution >= 0.6 is 34.8 Å². The fraction of sp³-hybridized carbons (Fsp3) is 0.158. The van der Waals surface area contributed by atoms with Crippen molar-refractivity contribution in [2.45, 2.75) is 6.92 Å². The van der Waals surface area contributed by atoms with Gasteiger partial charge in [-0.15, -0.1) is 0 Å². The number of hydrogen-bond donors (Lipinski definition) is 1. The van der Waals surface area contributed by atoms with Crippen LogP contribution in [0.4, 0.5) is 0 Å². The molecule has 140 valence electrons. The van der Waals surface area contributed by atoms with E-state index >= 15 is 0 Å². The van der Waals surface area contributed by atoms with Gasteiger partial charge in [0.05, 0.1) is 11.2 Å². The second kappa shape index (κ2) is 8.21. The molecule has 0 saturated heterocycles. The van der Waals surface area contributed by atoms with Gasteiger partial charge in [-0.1, -0.05) is 53.0 Å². The highest BCUT2D eigenvalue weighted by molar-refractivity contribution is 6.44. The molecule has 0 spiro atoms. The van der Waals surface area contributed by atoms with E-state index in [4.69, 9.17) is 39.5 Å². The number of hydrazone groups is 1. The standard InChI is InChI=1S/C19H16Cl3N3O2/c1-11-14(13-5-3-4-6-16(13)25(11)2)9-23-24-18(26)10-27-17-8-12(20)7-15(21)19(17)22/h3-9H,10H2,1-2H3,(H,24,26)/b23-9+. The molecule has 27 heavy (non-hydrogen) atoms. The van der Waals surface area contributed by atoms with E-state index in [0.29, 0.717) is 5.02 Å². The number of nitrogens with zero attached hydrogens (tertiary/aromatic N) is 2. The summed E-state index contributed by atoms with van der Waals surface area (Å²) >= 11 is 17.9. The number of benzene rings is 2. The first kappa shape index (κ1) is 19.5. The topological polar surface area (TPSA) is 55.6 Å². The van der Waals surface area contributed by atoms with Crippen LogP contribution in [-0.2, 0) is 11.8 Å². The van der Waals surface area contributed by atoms with Gasteiger partial charge >= 0.3 is 0 Å². The average Bonchev–Trinajstić information content (AvgIpc) is 2.88. The summed E-state index contributed by atoms with van der Waals surface area (Å²) in [6, 6.07) is 11.0. The van der Waals surface area contributed by atoms with Crippen molar-refractivity contribution in [2.75, 3.05) is 6.61 Å². The lowest BCUT2D eigenvalue weighted by Crippen LogP contribution is -2.24. The molecule has 0 radical (unpaired) electrons. The van der Waals surface area contributed by atoms with Crippen molar-refractivity contribution < 1.29 is 9.53 Å². The molecule has 1 aromatic heterocycles. The van der Waals surface area contributed by atoms with Gasteiger partial charge in [0.25, 0.3) is 5.91 Å². The van der Waals surface area contributed by atoms with Crippen LogP contribution in [0.3, 0.4) is 0 Å². The van der Waals surface area contributed by atoms with Gasteiger partial charge in [0.2, 0.25) is 0 Å². The number of carbonyl (C=O) groups excluding carboxylic acids is 1. The maximum absolute atomic E-state index is 12.0. The molecule has 0 atom stereocenters. The van der Waals surface area contributed by atoms with Crippen LogP contribution in [0.15, 0.2) is 41.5 Å². The Labute approximate surface area is 171 Å². The summed E-state index contributed by atoms with van der Waals surface area (Å²) in [5, 5.41) is 5.91. The van der Waals surface area contributed by atoms with Crippen molar-refractivity contribution in [1.29, 1.82) is 0 Å². The van der Waals surface area contributed by atoms with E-state index in [0.717, 1.165) is 22.2 Å². The predicted molar refractivity (Wildman–Crippen MR) is 110 cm³/mol. The number of carbonyl (C=O) groups is 1. The summed E-state index contributed by atoms with van der Waals surface area (Å²) < 4.78 is 7.45. The number of para-hydroxylation sites is 1. The minimum Gasteiger partial charge on any atom is -0.482 e. The Morgan fingerprint density at radius 2 is 2.00 bits per heavy atom. The van der Waals surface area contributed by atoms with Crippen molar-refractivity contribution in [3.8, 4) is 5.75 Å². The maximum atomic E-state index is 12.0. The number of ether oxygens (including phenoxy) is 1. The molecule has 0 unspecified atom stereocenters. The molecule has 1 amide bonds. The van der Waals surface area contributed by atoms with Crippen LogP contribution in [0.5, 0.6) is 5.75 Å². The van der Waals surface area contributed by atoms with Gasteiger partial charge in [-0.3, -0.25) is 4.79 Å². The molecule has 1 N–H and O–H groups in total. The van der Waals surface area contributed by atoms with Crippen molar-refractivity contribution in [1.82, 2.24) is 9.99 Å². The van der Waals surface area contributed by atoms with Gasteiger partial charge in [-0.25, -0.2) is 5.43 Å². The molecule has 2 aromatic carbocycles. The third-order valence-corrected chi connectivity index (χ3v) is 5.15. The summed E-state index contributed by atoms with van der Waals surface area (Å²) in [6.07, 6.45) is 1.62. The second-order valence-electron chi connectivity index (χ2n) is 5.86. The zero-order valence-corrected chi connectivity index (χ0v) is 16.9. The number of nitrogens with one attached hydrogen (secondary N) is 1. The lowest BCUT2D eigenvalue weighted by molar-refractivity contribution is -0.123. The van der Waals surface area contributed by atoms with Gasteiger partial charge in [0, 0.05) is 40.3 Å². The summed E-state index contributed by atoms with van der Waals surface area (Å²) in [7, 11) is 1.99. The first-order valence-electron chi connectivity index (χ1n) is 8.01. The monoisotopic (exact) mass is 423 g/mol. The third kappa shape index (κ3) is 4.21. The third-order valence-electron chi connectivity index (χ3n) is 4.15. The zero-order valence-electron chi connectivity index (χ0n) is 14.6. The number of hydrogen-bond acceptors (Lipinski definition) is 3. The van der Waals surface area contributed by atoms with Gasteiger partial charge in [0.15, 0.2) is 6.61 Å². The van der Waals surface area contributed by atoms with Crippen LogP contribution in [0, 0.1) is 6.92 Å². The van der Waals surface area contributed by atoms with Crippen LogP contribution in [-0.4, -0.2) is 23.3 Å². The molecule has 8 heteroatoms. The molecule has 3 aromatic rings. The van der Waals surface area contributed by atoms with Gasteiger partial charge in [0.1, 0.15) is 10.8 Å². The summed E-state index contributed by atoms with van der Waals surface area (Å²) in [6.45, 7) is 1.72. The summed E-state index contributed by atoms with van der Waals surface area (Å²) in [5.41, 5.74) is 5.52. The SMILES string of the molecule is Cc1c(/C=N/NC(=O)COc2cc(Cl)cc(Cl)c2Cl)c2ccccc2n1C. The molecule has 0 aliphatic carbocycles. The number of amides is 1. The minimum absolute atomic E-state index is 0.198. The van der Waals surface area contributed by atoms with Crippen molar-refractivity contribution in [3.05, 3.63) is 62.7 Å². The minimum atomic E-state index is -0.434. The Kier molecular flexibility index (Phi) is 5.95. The van der Waals surface area contributed by atoms with Gasteiger partial charge in [-0.2, -0.15) is 5.10 Å². The maximum Gasteiger partial charge on any atom is 0.277 e. The van der Waals surface area contributed by atoms with E-state index in [2.05, 4.69) is 15.1 Å². The zero-order chi connectivity index (χ0) is 19.6. The Balaban J connectivity index is 1.66. The molecular weight excluding hydrogens is 409 g/mol. The van der Waals surface area contributed by atoms with Gasteiger partial charge in [-0.05, 0) is 19.1 Å². The molecule has 0 bridgehead atoms. The number of halogens is 3. The molecule has 0 aliphatic heterocycles. The highest BCUT2D eigenvalue weighted by Crippen LogP contribution is 2.35. The Morgan fingerprint density at radius 3 is 2.78 bits per heavy atom. The lowest BCUT2D eigenvalue weighted by atomic mass is 10.1. The number of fused-ring (bicyclic) bond motifs is 1. The van der Waals surface area contributed by atoms with Crippen LogP contribution in [0.2, 0.25) is 15.1 Å². The van der Waals surface area contributed by atoms with Crippen molar-refractivity contribution >= 4 is 57.8 Å². The smallest absolute Gasteiger partial charge is 0.277 e. The van der Waals surface area contributed by atoms with E-state index in [1.54, 1.807) is 6.21 Å². The first-order valence-corrected chi connectivity index (χ1v) is 9.15. The fourth-order valence-electron chi connectivity index (χ4n) is 2.69. The van der Waals surface area contributed by atoms with Crippen LogP contribution < -0.4 is 10.2 Å². The molecule has 0 fully saturated rings. The van der Waals surface area contributed by atoms with E-state index in [1.807, 2.05) is 38.2 Å². The molecular formula is C19H16Cl3N3O2. The molecule has 0 saturated carbocycles. The number of aromatic nitrogens is 1. The number of rotatable bonds is 5.